The number of hydrogen-bond donors (Lipinski definition) is 0. The van der Waals surface area contributed by atoms with E-state index in [9.17, 15) is 0 Å². The molecule has 0 amide bonds. The molecule has 166 valence electrons. The van der Waals surface area contributed by atoms with Crippen LogP contribution in [0.15, 0.2) is 121 Å². The molecule has 0 aliphatic carbocycles. The van der Waals surface area contributed by atoms with Crippen LogP contribution in [0.1, 0.15) is 5.56 Å². The minimum Gasteiger partial charge on any atom is -0.208 e. The normalized spacial score (nSPS) is 11.0. The predicted octanol–water partition coefficient (Wildman–Crippen LogP) is 8.00. The van der Waals surface area contributed by atoms with Crippen molar-refractivity contribution in [3.05, 3.63) is 127 Å². The maximum Gasteiger partial charge on any atom is 0.164 e. The largest absolute Gasteiger partial charge is 0.208 e. The molecule has 0 saturated carbocycles. The molecular formula is C32H23N3. The molecule has 6 aromatic rings. The number of nitrogens with zero attached hydrogens (tertiary/aromatic N) is 3. The van der Waals surface area contributed by atoms with Crippen molar-refractivity contribution in [2.24, 2.45) is 0 Å². The SMILES string of the molecule is Cc1cccc2cc(-c3nc(-c4ccccc4)nc(-c4cccc(-c5ccccc5)c4)n3)ccc12. The average Bonchev–Trinajstić information content (AvgIpc) is 2.94. The molecule has 3 heteroatoms. The highest BCUT2D eigenvalue weighted by atomic mass is 15.0. The lowest BCUT2D eigenvalue weighted by molar-refractivity contribution is 1.07. The molecule has 0 N–H and O–H groups in total. The Kier molecular flexibility index (Phi) is 5.36. The Morgan fingerprint density at radius 1 is 0.400 bits per heavy atom. The summed E-state index contributed by atoms with van der Waals surface area (Å²) in [5.41, 5.74) is 6.46. The molecule has 5 aromatic carbocycles. The smallest absolute Gasteiger partial charge is 0.164 e. The van der Waals surface area contributed by atoms with E-state index in [1.807, 2.05) is 36.4 Å². The summed E-state index contributed by atoms with van der Waals surface area (Å²) in [5.74, 6) is 2.00. The van der Waals surface area contributed by atoms with Crippen molar-refractivity contribution in [1.29, 1.82) is 0 Å². The first-order valence-corrected chi connectivity index (χ1v) is 11.7. The van der Waals surface area contributed by atoms with Gasteiger partial charge in [-0.25, -0.2) is 15.0 Å². The third-order valence-corrected chi connectivity index (χ3v) is 6.25. The van der Waals surface area contributed by atoms with Gasteiger partial charge in [-0.3, -0.25) is 0 Å². The predicted molar refractivity (Wildman–Crippen MR) is 144 cm³/mol. The van der Waals surface area contributed by atoms with Gasteiger partial charge in [0.2, 0.25) is 0 Å². The van der Waals surface area contributed by atoms with E-state index >= 15 is 0 Å². The van der Waals surface area contributed by atoms with Crippen LogP contribution in [0.5, 0.6) is 0 Å². The van der Waals surface area contributed by atoms with Crippen molar-refractivity contribution in [2.75, 3.05) is 0 Å². The molecule has 3 nitrogen and oxygen atoms in total. The van der Waals surface area contributed by atoms with Crippen molar-refractivity contribution < 1.29 is 0 Å². The highest BCUT2D eigenvalue weighted by Crippen LogP contribution is 2.29. The summed E-state index contributed by atoms with van der Waals surface area (Å²) in [6, 6.07) is 41.6. The summed E-state index contributed by atoms with van der Waals surface area (Å²) in [6.45, 7) is 2.14. The van der Waals surface area contributed by atoms with Gasteiger partial charge in [0.25, 0.3) is 0 Å². The van der Waals surface area contributed by atoms with Gasteiger partial charge in [-0.1, -0.05) is 109 Å². The van der Waals surface area contributed by atoms with E-state index < -0.39 is 0 Å². The van der Waals surface area contributed by atoms with Crippen molar-refractivity contribution >= 4 is 10.8 Å². The monoisotopic (exact) mass is 449 g/mol. The van der Waals surface area contributed by atoms with Crippen LogP contribution < -0.4 is 0 Å². The van der Waals surface area contributed by atoms with Crippen LogP contribution in [0.3, 0.4) is 0 Å². The second-order valence-corrected chi connectivity index (χ2v) is 8.63. The first-order valence-electron chi connectivity index (χ1n) is 11.7. The van der Waals surface area contributed by atoms with E-state index in [0.29, 0.717) is 17.5 Å². The van der Waals surface area contributed by atoms with Crippen LogP contribution in [-0.2, 0) is 0 Å². The molecule has 0 aliphatic heterocycles. The number of rotatable bonds is 4. The lowest BCUT2D eigenvalue weighted by Gasteiger charge is -2.10. The van der Waals surface area contributed by atoms with Crippen molar-refractivity contribution in [3.8, 4) is 45.3 Å². The number of aryl methyl sites for hydroxylation is 1. The topological polar surface area (TPSA) is 38.7 Å². The molecule has 0 spiro atoms. The molecule has 1 heterocycles. The minimum absolute atomic E-state index is 0.663. The van der Waals surface area contributed by atoms with E-state index in [1.54, 1.807) is 0 Å². The lowest BCUT2D eigenvalue weighted by Crippen LogP contribution is -2.00. The minimum atomic E-state index is 0.663. The fourth-order valence-corrected chi connectivity index (χ4v) is 4.40. The van der Waals surface area contributed by atoms with Gasteiger partial charge in [0, 0.05) is 16.7 Å². The lowest BCUT2D eigenvalue weighted by atomic mass is 10.0. The van der Waals surface area contributed by atoms with E-state index in [1.165, 1.54) is 16.3 Å². The van der Waals surface area contributed by atoms with Gasteiger partial charge >= 0.3 is 0 Å². The van der Waals surface area contributed by atoms with Crippen molar-refractivity contribution in [1.82, 2.24) is 15.0 Å². The summed E-state index contributed by atoms with van der Waals surface area (Å²) in [4.78, 5) is 14.7. The highest BCUT2D eigenvalue weighted by molar-refractivity contribution is 5.89. The Balaban J connectivity index is 1.53. The van der Waals surface area contributed by atoms with Gasteiger partial charge in [-0.2, -0.15) is 0 Å². The molecule has 35 heavy (non-hydrogen) atoms. The van der Waals surface area contributed by atoms with Gasteiger partial charge in [-0.05, 0) is 46.5 Å². The molecule has 0 aliphatic rings. The quantitative estimate of drug-likeness (QED) is 0.274. The first-order chi connectivity index (χ1) is 17.2. The molecule has 1 aromatic heterocycles. The number of benzene rings is 5. The van der Waals surface area contributed by atoms with Crippen LogP contribution in [0.2, 0.25) is 0 Å². The van der Waals surface area contributed by atoms with Gasteiger partial charge in [0.15, 0.2) is 17.5 Å². The Morgan fingerprint density at radius 3 is 1.66 bits per heavy atom. The molecular weight excluding hydrogens is 426 g/mol. The zero-order chi connectivity index (χ0) is 23.6. The van der Waals surface area contributed by atoms with Gasteiger partial charge < -0.3 is 0 Å². The average molecular weight is 450 g/mol. The van der Waals surface area contributed by atoms with Crippen LogP contribution in [0.25, 0.3) is 56.1 Å². The Labute approximate surface area is 204 Å². The Morgan fingerprint density at radius 2 is 0.943 bits per heavy atom. The van der Waals surface area contributed by atoms with Crippen molar-refractivity contribution in [3.63, 3.8) is 0 Å². The maximum absolute atomic E-state index is 4.94. The van der Waals surface area contributed by atoms with Crippen LogP contribution in [0.4, 0.5) is 0 Å². The molecule has 0 saturated heterocycles. The van der Waals surface area contributed by atoms with Crippen LogP contribution in [-0.4, -0.2) is 15.0 Å². The van der Waals surface area contributed by atoms with E-state index in [-0.39, 0.29) is 0 Å². The fourth-order valence-electron chi connectivity index (χ4n) is 4.40. The summed E-state index contributed by atoms with van der Waals surface area (Å²) in [5, 5.41) is 2.42. The summed E-state index contributed by atoms with van der Waals surface area (Å²) < 4.78 is 0. The molecule has 6 rings (SSSR count). The van der Waals surface area contributed by atoms with E-state index in [0.717, 1.165) is 27.8 Å². The number of hydrogen-bond acceptors (Lipinski definition) is 3. The zero-order valence-corrected chi connectivity index (χ0v) is 19.4. The standard InChI is InChI=1S/C32H23N3/c1-22-10-8-16-26-21-28(18-19-29(22)26)32-34-30(24-13-6-3-7-14-24)33-31(35-32)27-17-9-15-25(20-27)23-11-4-2-5-12-23/h2-21H,1H3. The van der Waals surface area contributed by atoms with E-state index in [2.05, 4.69) is 91.9 Å². The van der Waals surface area contributed by atoms with Crippen LogP contribution in [0, 0.1) is 6.92 Å². The first kappa shape index (κ1) is 20.9. The van der Waals surface area contributed by atoms with E-state index in [4.69, 9.17) is 15.0 Å². The molecule has 0 unspecified atom stereocenters. The number of fused-ring (bicyclic) bond motifs is 1. The summed E-state index contributed by atoms with van der Waals surface area (Å²) >= 11 is 0. The Hall–Kier alpha value is -4.63. The molecule has 0 fully saturated rings. The van der Waals surface area contributed by atoms with Gasteiger partial charge in [0.1, 0.15) is 0 Å². The Bertz CT molecular complexity index is 1640. The summed E-state index contributed by atoms with van der Waals surface area (Å²) in [6.07, 6.45) is 0. The van der Waals surface area contributed by atoms with Crippen LogP contribution >= 0.6 is 0 Å². The fraction of sp³-hybridized carbons (Fsp3) is 0.0312. The highest BCUT2D eigenvalue weighted by Gasteiger charge is 2.13. The third kappa shape index (κ3) is 4.20. The van der Waals surface area contributed by atoms with Gasteiger partial charge in [0.05, 0.1) is 0 Å². The maximum atomic E-state index is 4.94. The second kappa shape index (κ2) is 8.96. The molecule has 0 atom stereocenters. The molecule has 0 bridgehead atoms. The zero-order valence-electron chi connectivity index (χ0n) is 19.4. The summed E-state index contributed by atoms with van der Waals surface area (Å²) in [7, 11) is 0. The third-order valence-electron chi connectivity index (χ3n) is 6.25. The second-order valence-electron chi connectivity index (χ2n) is 8.63. The van der Waals surface area contributed by atoms with Crippen molar-refractivity contribution in [2.45, 2.75) is 6.92 Å². The number of aromatic nitrogens is 3. The van der Waals surface area contributed by atoms with Gasteiger partial charge in [-0.15, -0.1) is 0 Å². The molecule has 0 radical (unpaired) electrons.